The van der Waals surface area contributed by atoms with Crippen molar-refractivity contribution in [1.29, 1.82) is 0 Å². The normalized spacial score (nSPS) is 13.1. The van der Waals surface area contributed by atoms with E-state index in [0.717, 1.165) is 30.5 Å². The maximum Gasteiger partial charge on any atom is 0.340 e. The topological polar surface area (TPSA) is 91.6 Å². The van der Waals surface area contributed by atoms with Crippen LogP contribution in [0.15, 0.2) is 18.3 Å². The number of benzene rings is 1. The fraction of sp³-hybridized carbons (Fsp3) is 0.429. The van der Waals surface area contributed by atoms with Crippen LogP contribution in [0.3, 0.4) is 0 Å². The zero-order valence-electron chi connectivity index (χ0n) is 12.0. The van der Waals surface area contributed by atoms with Gasteiger partial charge in [-0.2, -0.15) is 0 Å². The first-order chi connectivity index (χ1) is 9.77. The largest absolute Gasteiger partial charge is 0.347 e. The molecule has 1 aromatic heterocycles. The molecule has 2 aromatic rings. The third-order valence-electron chi connectivity index (χ3n) is 2.86. The Balaban J connectivity index is 0.000000272. The molecule has 3 rings (SSSR count). The number of aryl methyl sites for hydroxylation is 2. The van der Waals surface area contributed by atoms with Crippen LogP contribution in [0.25, 0.3) is 10.9 Å². The SMILES string of the molecule is CC.Fc1cc2c3c(ccn3CCC2)c1F.NC(O)(O)O. The summed E-state index contributed by atoms with van der Waals surface area (Å²) in [5.74, 6) is -1.45. The third kappa shape index (κ3) is 4.47. The minimum absolute atomic E-state index is 0.416. The summed E-state index contributed by atoms with van der Waals surface area (Å²) in [6.07, 6.45) is 0.676. The average molecular weight is 302 g/mol. The van der Waals surface area contributed by atoms with Crippen LogP contribution in [0.4, 0.5) is 8.78 Å². The minimum atomic E-state index is -3.00. The van der Waals surface area contributed by atoms with E-state index in [4.69, 9.17) is 15.3 Å². The van der Waals surface area contributed by atoms with Gasteiger partial charge in [-0.15, -0.1) is 0 Å². The molecule has 0 fully saturated rings. The third-order valence-corrected chi connectivity index (χ3v) is 2.86. The van der Waals surface area contributed by atoms with Gasteiger partial charge >= 0.3 is 6.10 Å². The Morgan fingerprint density at radius 3 is 2.38 bits per heavy atom. The van der Waals surface area contributed by atoms with Gasteiger partial charge < -0.3 is 19.9 Å². The molecule has 1 aromatic carbocycles. The molecule has 0 atom stereocenters. The van der Waals surface area contributed by atoms with Crippen molar-refractivity contribution in [3.05, 3.63) is 35.5 Å². The van der Waals surface area contributed by atoms with Gasteiger partial charge in [0.15, 0.2) is 11.6 Å². The number of nitrogens with two attached hydrogens (primary N) is 1. The van der Waals surface area contributed by atoms with Crippen LogP contribution >= 0.6 is 0 Å². The molecule has 0 bridgehead atoms. The van der Waals surface area contributed by atoms with E-state index in [1.165, 1.54) is 6.07 Å². The van der Waals surface area contributed by atoms with Crippen molar-refractivity contribution in [2.24, 2.45) is 5.73 Å². The summed E-state index contributed by atoms with van der Waals surface area (Å²) in [4.78, 5) is 0. The Kier molecular flexibility index (Phi) is 5.79. The molecule has 5 N–H and O–H groups in total. The molecular formula is C14H20F2N2O3. The summed E-state index contributed by atoms with van der Waals surface area (Å²) in [5, 5.41) is 22.6. The minimum Gasteiger partial charge on any atom is -0.347 e. The Morgan fingerprint density at radius 1 is 1.24 bits per heavy atom. The number of aromatic nitrogens is 1. The summed E-state index contributed by atoms with van der Waals surface area (Å²) in [6.45, 7) is 4.90. The number of aliphatic hydroxyl groups is 3. The van der Waals surface area contributed by atoms with Crippen LogP contribution in [0.2, 0.25) is 0 Å². The second kappa shape index (κ2) is 6.95. The molecule has 0 aliphatic carbocycles. The van der Waals surface area contributed by atoms with Gasteiger partial charge in [0.1, 0.15) is 0 Å². The molecule has 1 aliphatic heterocycles. The number of halogens is 2. The second-order valence-electron chi connectivity index (χ2n) is 4.39. The number of nitrogens with zero attached hydrogens (tertiary/aromatic N) is 1. The maximum absolute atomic E-state index is 13.4. The van der Waals surface area contributed by atoms with Crippen LogP contribution in [-0.2, 0) is 13.0 Å². The van der Waals surface area contributed by atoms with Gasteiger partial charge in [-0.25, -0.2) is 8.78 Å². The van der Waals surface area contributed by atoms with Crippen LogP contribution < -0.4 is 5.73 Å². The van der Waals surface area contributed by atoms with Crippen molar-refractivity contribution >= 4 is 10.9 Å². The van der Waals surface area contributed by atoms with E-state index >= 15 is 0 Å². The van der Waals surface area contributed by atoms with E-state index in [-0.39, 0.29) is 0 Å². The molecule has 7 heteroatoms. The predicted octanol–water partition coefficient (Wildman–Crippen LogP) is 1.43. The second-order valence-corrected chi connectivity index (χ2v) is 4.39. The zero-order valence-corrected chi connectivity index (χ0v) is 12.0. The Labute approximate surface area is 121 Å². The molecule has 0 unspecified atom stereocenters. The van der Waals surface area contributed by atoms with Crippen molar-refractivity contribution in [3.8, 4) is 0 Å². The summed E-state index contributed by atoms with van der Waals surface area (Å²) in [7, 11) is 0. The maximum atomic E-state index is 13.4. The monoisotopic (exact) mass is 302 g/mol. The van der Waals surface area contributed by atoms with Crippen LogP contribution in [0.1, 0.15) is 25.8 Å². The summed E-state index contributed by atoms with van der Waals surface area (Å²) in [5.41, 5.74) is 5.82. The van der Waals surface area contributed by atoms with E-state index in [2.05, 4.69) is 5.73 Å². The van der Waals surface area contributed by atoms with Gasteiger partial charge in [0.05, 0.1) is 5.52 Å². The molecule has 0 amide bonds. The van der Waals surface area contributed by atoms with Crippen LogP contribution in [-0.4, -0.2) is 26.0 Å². The smallest absolute Gasteiger partial charge is 0.340 e. The van der Waals surface area contributed by atoms with Crippen molar-refractivity contribution in [2.45, 2.75) is 39.3 Å². The zero-order chi connectivity index (χ0) is 16.2. The van der Waals surface area contributed by atoms with E-state index < -0.39 is 17.7 Å². The first-order valence-electron chi connectivity index (χ1n) is 6.69. The van der Waals surface area contributed by atoms with E-state index in [0.29, 0.717) is 5.39 Å². The summed E-state index contributed by atoms with van der Waals surface area (Å²) in [6, 6.07) is 2.98. The summed E-state index contributed by atoms with van der Waals surface area (Å²) < 4.78 is 28.5. The number of rotatable bonds is 0. The van der Waals surface area contributed by atoms with E-state index in [1.807, 2.05) is 24.6 Å². The lowest BCUT2D eigenvalue weighted by Gasteiger charge is -2.15. The van der Waals surface area contributed by atoms with E-state index in [9.17, 15) is 8.78 Å². The van der Waals surface area contributed by atoms with Crippen molar-refractivity contribution in [2.75, 3.05) is 0 Å². The van der Waals surface area contributed by atoms with Gasteiger partial charge in [-0.1, -0.05) is 13.8 Å². The Bertz CT molecular complexity index is 600. The molecule has 0 saturated carbocycles. The predicted molar refractivity (Wildman–Crippen MR) is 75.1 cm³/mol. The van der Waals surface area contributed by atoms with Gasteiger partial charge in [0.2, 0.25) is 0 Å². The molecule has 21 heavy (non-hydrogen) atoms. The molecule has 0 radical (unpaired) electrons. The lowest BCUT2D eigenvalue weighted by Crippen LogP contribution is -2.38. The van der Waals surface area contributed by atoms with Gasteiger partial charge in [0, 0.05) is 18.1 Å². The van der Waals surface area contributed by atoms with Gasteiger partial charge in [-0.3, -0.25) is 5.73 Å². The first-order valence-corrected chi connectivity index (χ1v) is 6.69. The molecule has 0 spiro atoms. The summed E-state index contributed by atoms with van der Waals surface area (Å²) >= 11 is 0. The molecule has 5 nitrogen and oxygen atoms in total. The van der Waals surface area contributed by atoms with Gasteiger partial charge in [-0.05, 0) is 30.5 Å². The highest BCUT2D eigenvalue weighted by atomic mass is 19.2. The fourth-order valence-electron chi connectivity index (χ4n) is 2.24. The first kappa shape index (κ1) is 17.5. The Hall–Kier alpha value is -1.54. The fourth-order valence-corrected chi connectivity index (χ4v) is 2.24. The van der Waals surface area contributed by atoms with Crippen molar-refractivity contribution in [1.82, 2.24) is 4.57 Å². The highest BCUT2D eigenvalue weighted by molar-refractivity contribution is 5.84. The highest BCUT2D eigenvalue weighted by Crippen LogP contribution is 2.29. The number of hydrogen-bond acceptors (Lipinski definition) is 4. The molecular weight excluding hydrogens is 282 g/mol. The Morgan fingerprint density at radius 2 is 1.81 bits per heavy atom. The molecule has 118 valence electrons. The van der Waals surface area contributed by atoms with Crippen molar-refractivity contribution < 1.29 is 24.1 Å². The molecule has 1 aliphatic rings. The molecule has 2 heterocycles. The number of hydrogen-bond donors (Lipinski definition) is 4. The lowest BCUT2D eigenvalue weighted by molar-refractivity contribution is -0.306. The van der Waals surface area contributed by atoms with Crippen LogP contribution in [0, 0.1) is 11.6 Å². The van der Waals surface area contributed by atoms with E-state index in [1.54, 1.807) is 6.07 Å². The quantitative estimate of drug-likeness (QED) is 0.554. The molecule has 0 saturated heterocycles. The van der Waals surface area contributed by atoms with Crippen LogP contribution in [0.5, 0.6) is 0 Å². The average Bonchev–Trinajstić information content (AvgIpc) is 2.82. The standard InChI is InChI=1S/C11H9F2N.C2H6.CH5NO3/c12-9-6-7-2-1-4-14-5-3-8(10(9)13)11(7)14;1-2;2-1(3,4)5/h3,5-6H,1-2,4H2;1-2H3;3-5H,2H2. The van der Waals surface area contributed by atoms with Gasteiger partial charge in [0.25, 0.3) is 0 Å². The highest BCUT2D eigenvalue weighted by Gasteiger charge is 2.17. The lowest BCUT2D eigenvalue weighted by atomic mass is 10.0. The van der Waals surface area contributed by atoms with Crippen molar-refractivity contribution in [3.63, 3.8) is 0 Å².